The van der Waals surface area contributed by atoms with E-state index in [0.717, 1.165) is 17.7 Å². The smallest absolute Gasteiger partial charge is 0.471 e. The third-order valence-electron chi connectivity index (χ3n) is 4.86. The van der Waals surface area contributed by atoms with Gasteiger partial charge in [-0.2, -0.15) is 0 Å². The molecule has 0 radical (unpaired) electrons. The molecule has 6 nitrogen and oxygen atoms in total. The number of anilines is 1. The zero-order valence-electron chi connectivity index (χ0n) is 18.4. The van der Waals surface area contributed by atoms with Crippen LogP contribution in [0.1, 0.15) is 21.5 Å². The van der Waals surface area contributed by atoms with Crippen LogP contribution in [0, 0.1) is 11.6 Å². The third kappa shape index (κ3) is 6.81. The van der Waals surface area contributed by atoms with E-state index in [1.54, 1.807) is 12.1 Å². The van der Waals surface area contributed by atoms with Crippen LogP contribution in [0.5, 0.6) is 11.6 Å². The molecule has 1 heterocycles. The van der Waals surface area contributed by atoms with Crippen molar-refractivity contribution in [3.63, 3.8) is 0 Å². The van der Waals surface area contributed by atoms with Crippen molar-refractivity contribution in [2.45, 2.75) is 19.5 Å². The van der Waals surface area contributed by atoms with Crippen LogP contribution < -0.4 is 14.8 Å². The molecule has 1 aromatic heterocycles. The van der Waals surface area contributed by atoms with E-state index >= 15 is 0 Å². The van der Waals surface area contributed by atoms with E-state index in [9.17, 15) is 26.7 Å². The topological polar surface area (TPSA) is 65.4 Å². The van der Waals surface area contributed by atoms with Crippen molar-refractivity contribution < 1.29 is 36.2 Å². The maximum Gasteiger partial charge on any atom is 0.573 e. The molecule has 3 aromatic carbocycles. The second kappa shape index (κ2) is 10.5. The molecule has 0 bridgehead atoms. The lowest BCUT2D eigenvalue weighted by atomic mass is 10.2. The first-order chi connectivity index (χ1) is 17.1. The van der Waals surface area contributed by atoms with Crippen molar-refractivity contribution in [3.8, 4) is 11.6 Å². The summed E-state index contributed by atoms with van der Waals surface area (Å²) in [5, 5.41) is 6.87. The molecule has 4 rings (SSSR count). The Kier molecular flexibility index (Phi) is 7.18. The van der Waals surface area contributed by atoms with Gasteiger partial charge in [-0.3, -0.25) is 9.48 Å². The highest BCUT2D eigenvalue weighted by molar-refractivity contribution is 6.05. The Bertz CT molecular complexity index is 1320. The minimum atomic E-state index is -4.83. The summed E-state index contributed by atoms with van der Waals surface area (Å²) in [7, 11) is 0. The Morgan fingerprint density at radius 1 is 0.861 bits per heavy atom. The van der Waals surface area contributed by atoms with Gasteiger partial charge in [0.25, 0.3) is 5.91 Å². The predicted octanol–water partition coefficient (Wildman–Crippen LogP) is 5.94. The second-order valence-electron chi connectivity index (χ2n) is 7.61. The van der Waals surface area contributed by atoms with Gasteiger partial charge in [0.15, 0.2) is 0 Å². The number of nitrogens with zero attached hydrogens (tertiary/aromatic N) is 2. The molecule has 0 spiro atoms. The van der Waals surface area contributed by atoms with Crippen LogP contribution in [0.3, 0.4) is 0 Å². The minimum absolute atomic E-state index is 0.00238. The Labute approximate surface area is 201 Å². The summed E-state index contributed by atoms with van der Waals surface area (Å²) < 4.78 is 74.4. The highest BCUT2D eigenvalue weighted by Crippen LogP contribution is 2.25. The average Bonchev–Trinajstić information content (AvgIpc) is 3.23. The standard InChI is InChI=1S/C25H18F5N3O3/c26-18-5-1-16(2-6-18)13-33-14-22(24(32-33)35-15-17-3-7-19(27)8-4-17)23(34)31-20-9-11-21(12-10-20)36-25(28,29)30/h1-12,14H,13,15H2,(H,31,34). The first-order valence-corrected chi connectivity index (χ1v) is 10.5. The summed E-state index contributed by atoms with van der Waals surface area (Å²) in [6.45, 7) is 0.210. The summed E-state index contributed by atoms with van der Waals surface area (Å²) in [6, 6.07) is 15.9. The lowest BCUT2D eigenvalue weighted by Gasteiger charge is -2.10. The highest BCUT2D eigenvalue weighted by Gasteiger charge is 2.31. The van der Waals surface area contributed by atoms with Crippen LogP contribution in [0.2, 0.25) is 0 Å². The van der Waals surface area contributed by atoms with Crippen molar-refractivity contribution in [2.24, 2.45) is 0 Å². The number of hydrogen-bond donors (Lipinski definition) is 1. The fourth-order valence-electron chi connectivity index (χ4n) is 3.19. The Hall–Kier alpha value is -4.41. The summed E-state index contributed by atoms with van der Waals surface area (Å²) >= 11 is 0. The zero-order chi connectivity index (χ0) is 25.7. The average molecular weight is 503 g/mol. The lowest BCUT2D eigenvalue weighted by Crippen LogP contribution is -2.17. The summed E-state index contributed by atoms with van der Waals surface area (Å²) in [5.41, 5.74) is 1.62. The molecule has 1 N–H and O–H groups in total. The van der Waals surface area contributed by atoms with Crippen molar-refractivity contribution in [1.29, 1.82) is 0 Å². The normalized spacial score (nSPS) is 11.2. The fraction of sp³-hybridized carbons (Fsp3) is 0.120. The Morgan fingerprint density at radius 2 is 1.44 bits per heavy atom. The maximum atomic E-state index is 13.2. The van der Waals surface area contributed by atoms with Gasteiger partial charge in [-0.25, -0.2) is 8.78 Å². The number of halogens is 5. The Morgan fingerprint density at radius 3 is 2.03 bits per heavy atom. The van der Waals surface area contributed by atoms with Crippen LogP contribution in [0.15, 0.2) is 79.0 Å². The number of amides is 1. The summed E-state index contributed by atoms with van der Waals surface area (Å²) in [5.74, 6) is -1.88. The third-order valence-corrected chi connectivity index (χ3v) is 4.86. The summed E-state index contributed by atoms with van der Waals surface area (Å²) in [6.07, 6.45) is -3.40. The quantitative estimate of drug-likeness (QED) is 0.303. The SMILES string of the molecule is O=C(Nc1ccc(OC(F)(F)F)cc1)c1cn(Cc2ccc(F)cc2)nc1OCc1ccc(F)cc1. The van der Waals surface area contributed by atoms with Crippen LogP contribution in [0.25, 0.3) is 0 Å². The number of alkyl halides is 3. The predicted molar refractivity (Wildman–Crippen MR) is 120 cm³/mol. The van der Waals surface area contributed by atoms with E-state index in [1.807, 2.05) is 0 Å². The van der Waals surface area contributed by atoms with Gasteiger partial charge in [-0.05, 0) is 59.7 Å². The van der Waals surface area contributed by atoms with Gasteiger partial charge in [0.1, 0.15) is 29.6 Å². The number of carbonyl (C=O) groups excluding carboxylic acids is 1. The minimum Gasteiger partial charge on any atom is -0.471 e. The first-order valence-electron chi connectivity index (χ1n) is 10.5. The first kappa shape index (κ1) is 24.7. The van der Waals surface area contributed by atoms with Gasteiger partial charge in [-0.15, -0.1) is 18.3 Å². The molecule has 4 aromatic rings. The van der Waals surface area contributed by atoms with E-state index in [2.05, 4.69) is 15.2 Å². The molecule has 186 valence electrons. The highest BCUT2D eigenvalue weighted by atomic mass is 19.4. The maximum absolute atomic E-state index is 13.2. The van der Waals surface area contributed by atoms with Crippen LogP contribution in [-0.4, -0.2) is 22.1 Å². The van der Waals surface area contributed by atoms with Crippen LogP contribution >= 0.6 is 0 Å². The van der Waals surface area contributed by atoms with Gasteiger partial charge in [0.2, 0.25) is 5.88 Å². The molecular weight excluding hydrogens is 485 g/mol. The lowest BCUT2D eigenvalue weighted by molar-refractivity contribution is -0.274. The van der Waals surface area contributed by atoms with E-state index in [4.69, 9.17) is 4.74 Å². The number of rotatable bonds is 8. The van der Waals surface area contributed by atoms with Crippen molar-refractivity contribution in [1.82, 2.24) is 9.78 Å². The molecule has 0 unspecified atom stereocenters. The fourth-order valence-corrected chi connectivity index (χ4v) is 3.19. The van der Waals surface area contributed by atoms with Crippen molar-refractivity contribution in [3.05, 3.63) is 107 Å². The molecular formula is C25H18F5N3O3. The second-order valence-corrected chi connectivity index (χ2v) is 7.61. The van der Waals surface area contributed by atoms with Gasteiger partial charge >= 0.3 is 6.36 Å². The van der Waals surface area contributed by atoms with Crippen molar-refractivity contribution in [2.75, 3.05) is 5.32 Å². The molecule has 0 atom stereocenters. The largest absolute Gasteiger partial charge is 0.573 e. The van der Waals surface area contributed by atoms with E-state index in [-0.39, 0.29) is 30.3 Å². The van der Waals surface area contributed by atoms with Gasteiger partial charge in [0.05, 0.1) is 6.54 Å². The molecule has 0 aliphatic heterocycles. The van der Waals surface area contributed by atoms with Crippen LogP contribution in [0.4, 0.5) is 27.6 Å². The molecule has 0 saturated heterocycles. The molecule has 0 aliphatic carbocycles. The van der Waals surface area contributed by atoms with Crippen LogP contribution in [-0.2, 0) is 13.2 Å². The molecule has 0 fully saturated rings. The molecule has 1 amide bonds. The monoisotopic (exact) mass is 503 g/mol. The number of hydrogen-bond acceptors (Lipinski definition) is 4. The van der Waals surface area contributed by atoms with Gasteiger partial charge < -0.3 is 14.8 Å². The van der Waals surface area contributed by atoms with Crippen molar-refractivity contribution >= 4 is 11.6 Å². The number of carbonyl (C=O) groups is 1. The van der Waals surface area contributed by atoms with E-state index in [0.29, 0.717) is 5.56 Å². The number of ether oxygens (including phenoxy) is 2. The zero-order valence-corrected chi connectivity index (χ0v) is 18.4. The van der Waals surface area contributed by atoms with Gasteiger partial charge in [0, 0.05) is 11.9 Å². The summed E-state index contributed by atoms with van der Waals surface area (Å²) in [4.78, 5) is 13.0. The van der Waals surface area contributed by atoms with E-state index in [1.165, 1.54) is 59.4 Å². The molecule has 36 heavy (non-hydrogen) atoms. The van der Waals surface area contributed by atoms with Gasteiger partial charge in [-0.1, -0.05) is 24.3 Å². The number of nitrogens with one attached hydrogen (secondary N) is 1. The molecule has 11 heteroatoms. The molecule has 0 saturated carbocycles. The van der Waals surface area contributed by atoms with E-state index < -0.39 is 29.7 Å². The molecule has 0 aliphatic rings. The number of benzene rings is 3. The Balaban J connectivity index is 1.53. The number of aromatic nitrogens is 2.